The Kier molecular flexibility index (Phi) is 15.0. The van der Waals surface area contributed by atoms with Gasteiger partial charge in [-0.25, -0.2) is 8.42 Å². The van der Waals surface area contributed by atoms with Crippen LogP contribution in [0, 0.1) is 0 Å². The number of nitrogens with zero attached hydrogens (tertiary/aromatic N) is 3. The molecular formula is C53H65N5O4S2. The van der Waals surface area contributed by atoms with Gasteiger partial charge in [-0.1, -0.05) is 80.6 Å². The lowest BCUT2D eigenvalue weighted by Gasteiger charge is -2.27. The molecule has 7 rings (SSSR count). The smallest absolute Gasteiger partial charge is 0.210 e. The molecule has 2 heterocycles. The molecule has 3 aliphatic rings. The summed E-state index contributed by atoms with van der Waals surface area (Å²) >= 11 is 5.63. The summed E-state index contributed by atoms with van der Waals surface area (Å²) in [6.45, 7) is 13.3. The Morgan fingerprint density at radius 2 is 1.56 bits per heavy atom. The predicted molar refractivity (Wildman–Crippen MR) is 267 cm³/mol. The van der Waals surface area contributed by atoms with Crippen molar-refractivity contribution in [2.75, 3.05) is 57.5 Å². The highest BCUT2D eigenvalue weighted by Gasteiger charge is 2.45. The predicted octanol–water partition coefficient (Wildman–Crippen LogP) is 10.0. The van der Waals surface area contributed by atoms with Crippen molar-refractivity contribution in [3.05, 3.63) is 149 Å². The minimum atomic E-state index is -4.27. The first-order valence-corrected chi connectivity index (χ1v) is 24.8. The third-order valence-electron chi connectivity index (χ3n) is 12.8. The fourth-order valence-corrected chi connectivity index (χ4v) is 10.4. The molecule has 1 aliphatic carbocycles. The van der Waals surface area contributed by atoms with E-state index < -0.39 is 10.1 Å². The van der Waals surface area contributed by atoms with E-state index in [1.54, 1.807) is 0 Å². The molecule has 0 radical (unpaired) electrons. The molecule has 2 N–H and O–H groups in total. The van der Waals surface area contributed by atoms with Crippen molar-refractivity contribution < 1.29 is 22.3 Å². The third kappa shape index (κ3) is 10.9. The molecule has 4 aromatic rings. The highest BCUT2D eigenvalue weighted by Crippen LogP contribution is 2.48. The molecule has 9 nitrogen and oxygen atoms in total. The number of allylic oxidation sites excluding steroid dienone is 7. The van der Waals surface area contributed by atoms with Gasteiger partial charge in [0.2, 0.25) is 5.69 Å². The zero-order chi connectivity index (χ0) is 45.5. The Morgan fingerprint density at radius 1 is 0.844 bits per heavy atom. The molecule has 2 aliphatic heterocycles. The number of fused-ring (bicyclic) bond motifs is 4. The van der Waals surface area contributed by atoms with Gasteiger partial charge >= 0.3 is 0 Å². The van der Waals surface area contributed by atoms with Crippen LogP contribution in [0.1, 0.15) is 83.8 Å². The first-order chi connectivity index (χ1) is 30.6. The standard InChI is InChI=1S/C53H65N5O4S2/c1-52(2)44-25-12-13-26-45(44)57(36-14-15-38-64(59,60)61)47(52)31-28-40-20-16-21-41(50(40)62-42-22-8-7-9-23-42)29-32-48-53(3,4)49-43-24-11-10-19-39(43)27-30-46(49)58(48)37-18-34-55-51(63)54-33-17-35-56(5)6/h7-13,19,22-32H,14-18,20-21,33-38H2,1-6H3,(H2-,54,55,59,60,61,63). The zero-order valence-corrected chi connectivity index (χ0v) is 40.1. The third-order valence-corrected chi connectivity index (χ3v) is 13.9. The second-order valence-electron chi connectivity index (χ2n) is 18.5. The molecule has 338 valence electrons. The molecule has 0 spiro atoms. The summed E-state index contributed by atoms with van der Waals surface area (Å²) in [5.74, 6) is 1.32. The van der Waals surface area contributed by atoms with Crippen molar-refractivity contribution in [1.29, 1.82) is 0 Å². The lowest BCUT2D eigenvalue weighted by atomic mass is 9.78. The maximum atomic E-state index is 11.4. The Labute approximate surface area is 387 Å². The van der Waals surface area contributed by atoms with Crippen LogP contribution >= 0.6 is 12.2 Å². The monoisotopic (exact) mass is 899 g/mol. The van der Waals surface area contributed by atoms with E-state index in [1.165, 1.54) is 33.3 Å². The summed E-state index contributed by atoms with van der Waals surface area (Å²) in [5, 5.41) is 10.0. The Bertz CT molecular complexity index is 2610. The first-order valence-electron chi connectivity index (χ1n) is 22.9. The number of unbranched alkanes of at least 4 members (excludes halogenated alkanes) is 1. The number of benzene rings is 4. The molecule has 0 unspecified atom stereocenters. The summed E-state index contributed by atoms with van der Waals surface area (Å²) in [6, 6.07) is 31.7. The molecule has 0 saturated carbocycles. The fraction of sp³-hybridized carbons (Fsp3) is 0.396. The normalized spacial score (nSPS) is 18.2. The van der Waals surface area contributed by atoms with Gasteiger partial charge in [0, 0.05) is 66.3 Å². The van der Waals surface area contributed by atoms with Crippen molar-refractivity contribution in [2.45, 2.75) is 83.5 Å². The number of thiocarbonyl (C=S) groups is 1. The lowest BCUT2D eigenvalue weighted by Crippen LogP contribution is -2.37. The van der Waals surface area contributed by atoms with E-state index >= 15 is 0 Å². The van der Waals surface area contributed by atoms with E-state index in [1.807, 2.05) is 36.4 Å². The van der Waals surface area contributed by atoms with Crippen LogP contribution in [0.2, 0.25) is 0 Å². The lowest BCUT2D eigenvalue weighted by molar-refractivity contribution is -0.437. The quantitative estimate of drug-likeness (QED) is 0.0438. The highest BCUT2D eigenvalue weighted by molar-refractivity contribution is 7.85. The van der Waals surface area contributed by atoms with Crippen LogP contribution in [-0.2, 0) is 20.9 Å². The number of rotatable bonds is 18. The summed E-state index contributed by atoms with van der Waals surface area (Å²) in [5.41, 5.74) is 9.03. The first kappa shape index (κ1) is 46.9. The molecule has 0 fully saturated rings. The van der Waals surface area contributed by atoms with Crippen LogP contribution in [0.25, 0.3) is 10.8 Å². The molecule has 11 heteroatoms. The van der Waals surface area contributed by atoms with Crippen LogP contribution < -0.4 is 20.3 Å². The Morgan fingerprint density at radius 3 is 2.33 bits per heavy atom. The second kappa shape index (κ2) is 20.4. The van der Waals surface area contributed by atoms with Crippen molar-refractivity contribution in [1.82, 2.24) is 15.5 Å². The van der Waals surface area contributed by atoms with E-state index in [2.05, 4.69) is 146 Å². The fourth-order valence-electron chi connectivity index (χ4n) is 9.62. The van der Waals surface area contributed by atoms with Gasteiger partial charge in [0.25, 0.3) is 0 Å². The summed E-state index contributed by atoms with van der Waals surface area (Å²) in [6.07, 6.45) is 14.7. The molecule has 64 heavy (non-hydrogen) atoms. The van der Waals surface area contributed by atoms with Crippen LogP contribution in [0.5, 0.6) is 5.75 Å². The Hall–Kier alpha value is -5.07. The molecule has 0 saturated heterocycles. The second-order valence-corrected chi connectivity index (χ2v) is 20.4. The van der Waals surface area contributed by atoms with E-state index in [4.69, 9.17) is 17.0 Å². The average Bonchev–Trinajstić information content (AvgIpc) is 3.62. The van der Waals surface area contributed by atoms with E-state index in [-0.39, 0.29) is 16.6 Å². The van der Waals surface area contributed by atoms with Crippen molar-refractivity contribution in [3.8, 4) is 5.75 Å². The minimum Gasteiger partial charge on any atom is -0.748 e. The van der Waals surface area contributed by atoms with E-state index in [0.29, 0.717) is 24.5 Å². The molecule has 0 amide bonds. The number of hydrogen-bond donors (Lipinski definition) is 2. The highest BCUT2D eigenvalue weighted by atomic mass is 32.2. The average molecular weight is 900 g/mol. The van der Waals surface area contributed by atoms with E-state index in [9.17, 15) is 13.0 Å². The SMILES string of the molecule is CN(C)CCCNC(=S)NCCC[N+]1=C(/C=C/C2=C(Oc3ccccc3)C(=C/C=C3/N(CCCCS(=O)(=O)[O-])c4ccccc4C3(C)C)/CCC2)C(C)(C)c2c1ccc1ccccc21. The number of ether oxygens (including phenoxy) is 1. The maximum absolute atomic E-state index is 11.4. The maximum Gasteiger partial charge on any atom is 0.210 e. The van der Waals surface area contributed by atoms with Gasteiger partial charge in [0.05, 0.1) is 15.5 Å². The topological polar surface area (TPSA) is 100.0 Å². The minimum absolute atomic E-state index is 0.271. The van der Waals surface area contributed by atoms with Crippen molar-refractivity contribution in [2.24, 2.45) is 0 Å². The van der Waals surface area contributed by atoms with Gasteiger partial charge in [-0.3, -0.25) is 0 Å². The number of hydrogen-bond acceptors (Lipinski definition) is 7. The number of para-hydroxylation sites is 2. The van der Waals surface area contributed by atoms with Crippen molar-refractivity contribution in [3.63, 3.8) is 0 Å². The molecule has 0 atom stereocenters. The van der Waals surface area contributed by atoms with Crippen LogP contribution in [0.15, 0.2) is 138 Å². The van der Waals surface area contributed by atoms with Gasteiger partial charge in [0.1, 0.15) is 11.5 Å². The van der Waals surface area contributed by atoms with Crippen LogP contribution in [-0.4, -0.2) is 85.8 Å². The molecular weight excluding hydrogens is 835 g/mol. The molecule has 0 aromatic heterocycles. The number of anilines is 1. The van der Waals surface area contributed by atoms with E-state index in [0.717, 1.165) is 92.3 Å². The van der Waals surface area contributed by atoms with Gasteiger partial charge in [0.15, 0.2) is 17.4 Å². The van der Waals surface area contributed by atoms with Gasteiger partial charge in [-0.15, -0.1) is 0 Å². The molecule has 4 aromatic carbocycles. The Balaban J connectivity index is 1.23. The van der Waals surface area contributed by atoms with Crippen molar-refractivity contribution >= 4 is 55.3 Å². The summed E-state index contributed by atoms with van der Waals surface area (Å²) in [7, 11) is -0.0925. The number of nitrogens with one attached hydrogen (secondary N) is 2. The largest absolute Gasteiger partial charge is 0.748 e. The summed E-state index contributed by atoms with van der Waals surface area (Å²) in [4.78, 5) is 4.48. The van der Waals surface area contributed by atoms with Crippen LogP contribution in [0.3, 0.4) is 0 Å². The zero-order valence-electron chi connectivity index (χ0n) is 38.5. The van der Waals surface area contributed by atoms with Crippen LogP contribution in [0.4, 0.5) is 11.4 Å². The van der Waals surface area contributed by atoms with Gasteiger partial charge in [-0.2, -0.15) is 4.58 Å². The summed E-state index contributed by atoms with van der Waals surface area (Å²) < 4.78 is 43.7. The molecule has 0 bridgehead atoms. The van der Waals surface area contributed by atoms with Gasteiger partial charge < -0.3 is 29.7 Å². The van der Waals surface area contributed by atoms with Gasteiger partial charge in [-0.05, 0) is 149 Å².